The second kappa shape index (κ2) is 9.35. The number of carboxylic acids is 1. The van der Waals surface area contributed by atoms with Gasteiger partial charge in [-0.3, -0.25) is 14.4 Å². The van der Waals surface area contributed by atoms with E-state index in [1.54, 1.807) is 6.92 Å². The molecule has 0 aliphatic heterocycles. The van der Waals surface area contributed by atoms with Crippen LogP contribution in [0.3, 0.4) is 0 Å². The summed E-state index contributed by atoms with van der Waals surface area (Å²) in [5.74, 6) is -0.880. The lowest BCUT2D eigenvalue weighted by molar-refractivity contribution is -0.138. The van der Waals surface area contributed by atoms with E-state index in [0.29, 0.717) is 18.9 Å². The number of likely N-dealkylation sites (N-methyl/N-ethyl adjacent to an activating group) is 1. The maximum absolute atomic E-state index is 11.7. The molecule has 0 aliphatic carbocycles. The molecule has 0 saturated heterocycles. The lowest BCUT2D eigenvalue weighted by Crippen LogP contribution is -2.41. The van der Waals surface area contributed by atoms with E-state index in [0.717, 1.165) is 6.42 Å². The predicted molar refractivity (Wildman–Crippen MR) is 71.6 cm³/mol. The van der Waals surface area contributed by atoms with E-state index in [1.807, 2.05) is 13.8 Å². The Morgan fingerprint density at radius 2 is 1.84 bits per heavy atom. The molecule has 6 nitrogen and oxygen atoms in total. The molecular formula is C13H24N2O4. The maximum Gasteiger partial charge on any atom is 0.305 e. The zero-order valence-corrected chi connectivity index (χ0v) is 11.9. The van der Waals surface area contributed by atoms with E-state index < -0.39 is 5.97 Å². The fraction of sp³-hybridized carbons (Fsp3) is 0.769. The highest BCUT2D eigenvalue weighted by Gasteiger charge is 2.14. The van der Waals surface area contributed by atoms with Crippen LogP contribution in [-0.4, -0.2) is 47.4 Å². The molecule has 0 bridgehead atoms. The van der Waals surface area contributed by atoms with Crippen molar-refractivity contribution in [3.05, 3.63) is 0 Å². The van der Waals surface area contributed by atoms with E-state index >= 15 is 0 Å². The molecule has 0 fully saturated rings. The molecule has 0 saturated carbocycles. The van der Waals surface area contributed by atoms with Crippen molar-refractivity contribution in [1.29, 1.82) is 0 Å². The Bertz CT molecular complexity index is 316. The fourth-order valence-corrected chi connectivity index (χ4v) is 1.48. The van der Waals surface area contributed by atoms with Crippen molar-refractivity contribution in [2.75, 3.05) is 19.6 Å². The SMILES string of the molecule is CCN(CCC(=O)O)C(=O)CNC(=O)CCC(C)C. The Kier molecular flexibility index (Phi) is 8.57. The minimum absolute atomic E-state index is 0.0651. The molecular weight excluding hydrogens is 248 g/mol. The van der Waals surface area contributed by atoms with Crippen LogP contribution in [0.15, 0.2) is 0 Å². The highest BCUT2D eigenvalue weighted by atomic mass is 16.4. The average molecular weight is 272 g/mol. The highest BCUT2D eigenvalue weighted by molar-refractivity contribution is 5.84. The summed E-state index contributed by atoms with van der Waals surface area (Å²) in [6, 6.07) is 0. The number of rotatable bonds is 9. The van der Waals surface area contributed by atoms with Crippen molar-refractivity contribution in [3.63, 3.8) is 0 Å². The maximum atomic E-state index is 11.7. The first-order chi connectivity index (χ1) is 8.86. The van der Waals surface area contributed by atoms with Crippen LogP contribution in [0, 0.1) is 5.92 Å². The molecule has 0 unspecified atom stereocenters. The Balaban J connectivity index is 3.99. The molecule has 0 aromatic carbocycles. The second-order valence-electron chi connectivity index (χ2n) is 4.83. The lowest BCUT2D eigenvalue weighted by Gasteiger charge is -2.20. The first kappa shape index (κ1) is 17.4. The molecule has 0 aromatic heterocycles. The van der Waals surface area contributed by atoms with Crippen molar-refractivity contribution >= 4 is 17.8 Å². The van der Waals surface area contributed by atoms with Gasteiger partial charge in [0.05, 0.1) is 13.0 Å². The summed E-state index contributed by atoms with van der Waals surface area (Å²) in [7, 11) is 0. The van der Waals surface area contributed by atoms with Gasteiger partial charge in [-0.05, 0) is 19.3 Å². The van der Waals surface area contributed by atoms with Crippen molar-refractivity contribution in [2.24, 2.45) is 5.92 Å². The zero-order chi connectivity index (χ0) is 14.8. The third kappa shape index (κ3) is 9.04. The molecule has 6 heteroatoms. The summed E-state index contributed by atoms with van der Waals surface area (Å²) in [4.78, 5) is 35.1. The van der Waals surface area contributed by atoms with E-state index in [9.17, 15) is 14.4 Å². The van der Waals surface area contributed by atoms with Crippen molar-refractivity contribution < 1.29 is 19.5 Å². The van der Waals surface area contributed by atoms with Crippen LogP contribution in [0.5, 0.6) is 0 Å². The van der Waals surface area contributed by atoms with Crippen molar-refractivity contribution in [1.82, 2.24) is 10.2 Å². The summed E-state index contributed by atoms with van der Waals surface area (Å²) in [5.41, 5.74) is 0. The number of hydrogen-bond acceptors (Lipinski definition) is 3. The number of aliphatic carboxylic acids is 1. The molecule has 0 atom stereocenters. The second-order valence-corrected chi connectivity index (χ2v) is 4.83. The first-order valence-electron chi connectivity index (χ1n) is 6.63. The molecule has 2 amide bonds. The van der Waals surface area contributed by atoms with Gasteiger partial charge < -0.3 is 15.3 Å². The van der Waals surface area contributed by atoms with Gasteiger partial charge in [0.25, 0.3) is 0 Å². The Hall–Kier alpha value is -1.59. The molecule has 0 rings (SSSR count). The quantitative estimate of drug-likeness (QED) is 0.652. The van der Waals surface area contributed by atoms with Gasteiger partial charge in [0, 0.05) is 19.5 Å². The standard InChI is InChI=1S/C13H24N2O4/c1-4-15(8-7-13(18)19)12(17)9-14-11(16)6-5-10(2)3/h10H,4-9H2,1-3H3,(H,14,16)(H,18,19). The molecule has 0 heterocycles. The van der Waals surface area contributed by atoms with E-state index in [-0.39, 0.29) is 31.3 Å². The summed E-state index contributed by atoms with van der Waals surface area (Å²) >= 11 is 0. The van der Waals surface area contributed by atoms with Crippen molar-refractivity contribution in [3.8, 4) is 0 Å². The number of nitrogens with one attached hydrogen (secondary N) is 1. The fourth-order valence-electron chi connectivity index (χ4n) is 1.48. The molecule has 0 aliphatic rings. The molecule has 110 valence electrons. The highest BCUT2D eigenvalue weighted by Crippen LogP contribution is 2.02. The van der Waals surface area contributed by atoms with Crippen LogP contribution in [-0.2, 0) is 14.4 Å². The molecule has 0 aromatic rings. The van der Waals surface area contributed by atoms with Crippen molar-refractivity contribution in [2.45, 2.75) is 40.0 Å². The van der Waals surface area contributed by atoms with Crippen LogP contribution in [0.4, 0.5) is 0 Å². The van der Waals surface area contributed by atoms with E-state index in [2.05, 4.69) is 5.32 Å². The topological polar surface area (TPSA) is 86.7 Å². The van der Waals surface area contributed by atoms with Crippen LogP contribution in [0.1, 0.15) is 40.0 Å². The largest absolute Gasteiger partial charge is 0.481 e. The third-order valence-corrected chi connectivity index (χ3v) is 2.72. The van der Waals surface area contributed by atoms with Gasteiger partial charge in [0.2, 0.25) is 11.8 Å². The Morgan fingerprint density at radius 1 is 1.21 bits per heavy atom. The third-order valence-electron chi connectivity index (χ3n) is 2.72. The van der Waals surface area contributed by atoms with Crippen LogP contribution in [0.25, 0.3) is 0 Å². The number of nitrogens with zero attached hydrogens (tertiary/aromatic N) is 1. The molecule has 0 spiro atoms. The molecule has 19 heavy (non-hydrogen) atoms. The number of carbonyl (C=O) groups is 3. The van der Waals surface area contributed by atoms with Crippen LogP contribution in [0.2, 0.25) is 0 Å². The summed E-state index contributed by atoms with van der Waals surface area (Å²) in [6.45, 7) is 6.39. The van der Waals surface area contributed by atoms with E-state index in [4.69, 9.17) is 5.11 Å². The van der Waals surface area contributed by atoms with Gasteiger partial charge in [-0.1, -0.05) is 13.8 Å². The van der Waals surface area contributed by atoms with Gasteiger partial charge in [0.15, 0.2) is 0 Å². The minimum atomic E-state index is -0.938. The number of carbonyl (C=O) groups excluding carboxylic acids is 2. The first-order valence-corrected chi connectivity index (χ1v) is 6.63. The number of carboxylic acid groups (broad SMARTS) is 1. The number of amides is 2. The smallest absolute Gasteiger partial charge is 0.305 e. The normalized spacial score (nSPS) is 10.3. The Morgan fingerprint density at radius 3 is 2.32 bits per heavy atom. The summed E-state index contributed by atoms with van der Waals surface area (Å²) < 4.78 is 0. The number of hydrogen-bond donors (Lipinski definition) is 2. The van der Waals surface area contributed by atoms with Crippen LogP contribution >= 0.6 is 0 Å². The Labute approximate surface area is 114 Å². The predicted octanol–water partition coefficient (Wildman–Crippen LogP) is 0.862. The summed E-state index contributed by atoms with van der Waals surface area (Å²) in [5, 5.41) is 11.1. The molecule has 2 N–H and O–H groups in total. The van der Waals surface area contributed by atoms with E-state index in [1.165, 1.54) is 4.90 Å². The monoisotopic (exact) mass is 272 g/mol. The zero-order valence-electron chi connectivity index (χ0n) is 11.9. The van der Waals surface area contributed by atoms with Gasteiger partial charge in [-0.25, -0.2) is 0 Å². The summed E-state index contributed by atoms with van der Waals surface area (Å²) in [6.07, 6.45) is 1.11. The van der Waals surface area contributed by atoms with Gasteiger partial charge in [0.1, 0.15) is 0 Å². The van der Waals surface area contributed by atoms with Gasteiger partial charge >= 0.3 is 5.97 Å². The van der Waals surface area contributed by atoms with Crippen LogP contribution < -0.4 is 5.32 Å². The average Bonchev–Trinajstić information content (AvgIpc) is 2.34. The van der Waals surface area contributed by atoms with Gasteiger partial charge in [-0.15, -0.1) is 0 Å². The minimum Gasteiger partial charge on any atom is -0.481 e. The lowest BCUT2D eigenvalue weighted by atomic mass is 10.1. The molecule has 0 radical (unpaired) electrons. The van der Waals surface area contributed by atoms with Gasteiger partial charge in [-0.2, -0.15) is 0 Å².